The van der Waals surface area contributed by atoms with Gasteiger partial charge in [0.15, 0.2) is 0 Å². The molecule has 13 heavy (non-hydrogen) atoms. The first kappa shape index (κ1) is 9.15. The first-order valence-electron chi connectivity index (χ1n) is 3.43. The molecule has 2 nitrogen and oxygen atoms in total. The predicted octanol–water partition coefficient (Wildman–Crippen LogP) is 2.88. The minimum atomic E-state index is -0.684. The van der Waals surface area contributed by atoms with Crippen molar-refractivity contribution in [1.82, 2.24) is 0 Å². The van der Waals surface area contributed by atoms with Gasteiger partial charge in [-0.05, 0) is 37.9 Å². The number of hydrogen-bond donors (Lipinski definition) is 0. The molecule has 1 aliphatic rings. The number of halogens is 3. The van der Waals surface area contributed by atoms with Crippen LogP contribution in [0.1, 0.15) is 10.4 Å². The lowest BCUT2D eigenvalue weighted by atomic mass is 10.1. The third-order valence-electron chi connectivity index (χ3n) is 1.72. The van der Waals surface area contributed by atoms with Gasteiger partial charge < -0.3 is 4.74 Å². The summed E-state index contributed by atoms with van der Waals surface area (Å²) in [5.74, 6) is -0.337. The average Bonchev–Trinajstić information content (AvgIpc) is 2.32. The maximum atomic E-state index is 13.0. The Balaban J connectivity index is 2.59. The molecule has 0 unspecified atom stereocenters. The highest BCUT2D eigenvalue weighted by atomic mass is 79.9. The molecule has 0 amide bonds. The average molecular weight is 310 g/mol. The summed E-state index contributed by atoms with van der Waals surface area (Å²) in [4.78, 5) is 11.3. The van der Waals surface area contributed by atoms with Gasteiger partial charge in [-0.2, -0.15) is 0 Å². The summed E-state index contributed by atoms with van der Waals surface area (Å²) in [6.45, 7) is 0. The zero-order chi connectivity index (χ0) is 9.59. The second-order valence-electron chi connectivity index (χ2n) is 2.56. The summed E-state index contributed by atoms with van der Waals surface area (Å²) in [5, 5.41) is -0.684. The molecule has 0 N–H and O–H groups in total. The first-order valence-corrected chi connectivity index (χ1v) is 5.14. The van der Waals surface area contributed by atoms with Crippen molar-refractivity contribution in [2.24, 2.45) is 0 Å². The summed E-state index contributed by atoms with van der Waals surface area (Å²) in [5.41, 5.74) is 0.398. The van der Waals surface area contributed by atoms with Crippen LogP contribution in [0.25, 0.3) is 0 Å². The van der Waals surface area contributed by atoms with E-state index in [-0.39, 0.29) is 16.0 Å². The number of Topliss-reactive ketones (excluding diaryl/α,β-unsaturated/α-hetero) is 1. The van der Waals surface area contributed by atoms with Crippen LogP contribution < -0.4 is 4.74 Å². The highest BCUT2D eigenvalue weighted by molar-refractivity contribution is 9.10. The lowest BCUT2D eigenvalue weighted by Crippen LogP contribution is -2.10. The van der Waals surface area contributed by atoms with E-state index < -0.39 is 10.8 Å². The number of hydrogen-bond acceptors (Lipinski definition) is 2. The Kier molecular flexibility index (Phi) is 2.15. The summed E-state index contributed by atoms with van der Waals surface area (Å²) >= 11 is 6.02. The highest BCUT2D eigenvalue weighted by Gasteiger charge is 2.31. The van der Waals surface area contributed by atoms with Crippen molar-refractivity contribution in [3.05, 3.63) is 28.0 Å². The van der Waals surface area contributed by atoms with E-state index in [1.807, 2.05) is 0 Å². The van der Waals surface area contributed by atoms with Crippen LogP contribution in [-0.4, -0.2) is 10.8 Å². The Morgan fingerprint density at radius 2 is 2.15 bits per heavy atom. The molecule has 68 valence electrons. The quantitative estimate of drug-likeness (QED) is 0.689. The molecule has 0 bridgehead atoms. The molecule has 0 aliphatic carbocycles. The second-order valence-corrected chi connectivity index (χ2v) is 4.25. The monoisotopic (exact) mass is 308 g/mol. The van der Waals surface area contributed by atoms with Crippen LogP contribution >= 0.6 is 31.9 Å². The van der Waals surface area contributed by atoms with Crippen LogP contribution in [0.3, 0.4) is 0 Å². The third kappa shape index (κ3) is 1.40. The van der Waals surface area contributed by atoms with Gasteiger partial charge in [0.05, 0.1) is 10.0 Å². The topological polar surface area (TPSA) is 26.3 Å². The van der Waals surface area contributed by atoms with Crippen LogP contribution in [0.15, 0.2) is 16.6 Å². The molecular weight excluding hydrogens is 307 g/mol. The van der Waals surface area contributed by atoms with E-state index in [0.717, 1.165) is 0 Å². The Hall–Kier alpha value is -0.420. The smallest absolute Gasteiger partial charge is 0.218 e. The Morgan fingerprint density at radius 3 is 2.85 bits per heavy atom. The van der Waals surface area contributed by atoms with Crippen LogP contribution in [0.5, 0.6) is 5.75 Å². The number of rotatable bonds is 0. The minimum absolute atomic E-state index is 0.185. The molecule has 1 aromatic carbocycles. The standard InChI is InChI=1S/C8H3Br2FO2/c9-4-1-3-6(2-5(4)11)13-8(10)7(3)12/h1-2,8H/t8-/m0/s1. The molecule has 1 aliphatic heterocycles. The van der Waals surface area contributed by atoms with Gasteiger partial charge in [-0.15, -0.1) is 0 Å². The molecule has 1 aromatic rings. The molecule has 1 atom stereocenters. The largest absolute Gasteiger partial charge is 0.470 e. The SMILES string of the molecule is O=C1c2cc(Br)c(F)cc2O[C@@H]1Br. The molecule has 0 radical (unpaired) electrons. The maximum Gasteiger partial charge on any atom is 0.218 e. The van der Waals surface area contributed by atoms with Crippen molar-refractivity contribution in [3.63, 3.8) is 0 Å². The van der Waals surface area contributed by atoms with Gasteiger partial charge in [-0.1, -0.05) is 0 Å². The van der Waals surface area contributed by atoms with E-state index >= 15 is 0 Å². The van der Waals surface area contributed by atoms with Crippen LogP contribution in [-0.2, 0) is 0 Å². The van der Waals surface area contributed by atoms with E-state index in [1.54, 1.807) is 0 Å². The molecule has 0 saturated carbocycles. The number of carbonyl (C=O) groups is 1. The van der Waals surface area contributed by atoms with Crippen molar-refractivity contribution in [3.8, 4) is 5.75 Å². The van der Waals surface area contributed by atoms with E-state index in [9.17, 15) is 9.18 Å². The summed E-state index contributed by atoms with van der Waals surface area (Å²) in [6.07, 6.45) is 0. The third-order valence-corrected chi connectivity index (χ3v) is 2.93. The van der Waals surface area contributed by atoms with Crippen LogP contribution in [0.2, 0.25) is 0 Å². The van der Waals surface area contributed by atoms with Crippen molar-refractivity contribution in [1.29, 1.82) is 0 Å². The predicted molar refractivity (Wildman–Crippen MR) is 51.8 cm³/mol. The number of ether oxygens (including phenoxy) is 1. The Bertz CT molecular complexity index is 392. The Morgan fingerprint density at radius 1 is 1.46 bits per heavy atom. The minimum Gasteiger partial charge on any atom is -0.470 e. The zero-order valence-corrected chi connectivity index (χ0v) is 9.35. The number of benzene rings is 1. The van der Waals surface area contributed by atoms with Crippen molar-refractivity contribution in [2.45, 2.75) is 5.01 Å². The number of ketones is 1. The molecule has 0 spiro atoms. The van der Waals surface area contributed by atoms with E-state index in [4.69, 9.17) is 4.74 Å². The fourth-order valence-corrected chi connectivity index (χ4v) is 1.90. The molecule has 0 fully saturated rings. The molecule has 0 saturated heterocycles. The molecular formula is C8H3Br2FO2. The highest BCUT2D eigenvalue weighted by Crippen LogP contribution is 2.34. The first-order chi connectivity index (χ1) is 6.09. The lowest BCUT2D eigenvalue weighted by Gasteiger charge is -1.99. The van der Waals surface area contributed by atoms with Crippen molar-refractivity contribution in [2.75, 3.05) is 0 Å². The van der Waals surface area contributed by atoms with E-state index in [1.165, 1.54) is 12.1 Å². The van der Waals surface area contributed by atoms with Crippen LogP contribution in [0.4, 0.5) is 4.39 Å². The van der Waals surface area contributed by atoms with Gasteiger partial charge in [0, 0.05) is 6.07 Å². The van der Waals surface area contributed by atoms with Gasteiger partial charge in [0.1, 0.15) is 11.6 Å². The van der Waals surface area contributed by atoms with Gasteiger partial charge in [0.25, 0.3) is 0 Å². The van der Waals surface area contributed by atoms with Gasteiger partial charge >= 0.3 is 0 Å². The number of carbonyl (C=O) groups excluding carboxylic acids is 1. The van der Waals surface area contributed by atoms with Gasteiger partial charge in [0.2, 0.25) is 10.8 Å². The normalized spacial score (nSPS) is 19.9. The molecule has 2 rings (SSSR count). The van der Waals surface area contributed by atoms with E-state index in [2.05, 4.69) is 31.9 Å². The zero-order valence-electron chi connectivity index (χ0n) is 6.18. The molecule has 1 heterocycles. The lowest BCUT2D eigenvalue weighted by molar-refractivity contribution is 0.0942. The summed E-state index contributed by atoms with van der Waals surface area (Å²) in [7, 11) is 0. The molecule has 5 heteroatoms. The Labute approximate surface area is 90.3 Å². The van der Waals surface area contributed by atoms with Crippen molar-refractivity contribution < 1.29 is 13.9 Å². The van der Waals surface area contributed by atoms with Gasteiger partial charge in [-0.3, -0.25) is 4.79 Å². The molecule has 0 aromatic heterocycles. The van der Waals surface area contributed by atoms with Gasteiger partial charge in [-0.25, -0.2) is 4.39 Å². The van der Waals surface area contributed by atoms with E-state index in [0.29, 0.717) is 5.56 Å². The van der Waals surface area contributed by atoms with Crippen molar-refractivity contribution >= 4 is 37.6 Å². The fourth-order valence-electron chi connectivity index (χ4n) is 1.11. The maximum absolute atomic E-state index is 13.0. The summed E-state index contributed by atoms with van der Waals surface area (Å²) in [6, 6.07) is 2.62. The summed E-state index contributed by atoms with van der Waals surface area (Å²) < 4.78 is 18.3. The fraction of sp³-hybridized carbons (Fsp3) is 0.125. The number of alkyl halides is 1. The van der Waals surface area contributed by atoms with Crippen LogP contribution in [0, 0.1) is 5.82 Å². The number of fused-ring (bicyclic) bond motifs is 1. The second kappa shape index (κ2) is 3.06.